The SMILES string of the molecule is Cc1nccn1CCN(C)C[C@H]1CCOC(C)(C)C1. The van der Waals surface area contributed by atoms with E-state index in [2.05, 4.69) is 48.5 Å². The van der Waals surface area contributed by atoms with E-state index >= 15 is 0 Å². The van der Waals surface area contributed by atoms with E-state index in [9.17, 15) is 0 Å². The van der Waals surface area contributed by atoms with Crippen LogP contribution in [0.15, 0.2) is 12.4 Å². The van der Waals surface area contributed by atoms with Gasteiger partial charge in [-0.05, 0) is 46.6 Å². The third kappa shape index (κ3) is 4.32. The lowest BCUT2D eigenvalue weighted by molar-refractivity contribution is -0.0759. The summed E-state index contributed by atoms with van der Waals surface area (Å²) >= 11 is 0. The highest BCUT2D eigenvalue weighted by atomic mass is 16.5. The quantitative estimate of drug-likeness (QED) is 0.818. The molecule has 0 radical (unpaired) electrons. The number of aryl methyl sites for hydroxylation is 1. The minimum Gasteiger partial charge on any atom is -0.376 e. The molecule has 0 saturated carbocycles. The molecule has 19 heavy (non-hydrogen) atoms. The minimum atomic E-state index is 0.0602. The predicted octanol–water partition coefficient (Wildman–Crippen LogP) is 2.33. The highest BCUT2D eigenvalue weighted by Crippen LogP contribution is 2.28. The highest BCUT2D eigenvalue weighted by Gasteiger charge is 2.29. The van der Waals surface area contributed by atoms with Crippen molar-refractivity contribution in [3.05, 3.63) is 18.2 Å². The van der Waals surface area contributed by atoms with Crippen LogP contribution >= 0.6 is 0 Å². The molecule has 1 fully saturated rings. The monoisotopic (exact) mass is 265 g/mol. The Kier molecular flexibility index (Phi) is 4.63. The first kappa shape index (κ1) is 14.5. The van der Waals surface area contributed by atoms with Crippen molar-refractivity contribution in [3.8, 4) is 0 Å². The van der Waals surface area contributed by atoms with Gasteiger partial charge in [-0.25, -0.2) is 4.98 Å². The number of aromatic nitrogens is 2. The van der Waals surface area contributed by atoms with Crippen LogP contribution in [0, 0.1) is 12.8 Å². The first-order valence-electron chi connectivity index (χ1n) is 7.26. The molecule has 0 aromatic carbocycles. The number of imidazole rings is 1. The molecule has 0 unspecified atom stereocenters. The van der Waals surface area contributed by atoms with E-state index < -0.39 is 0 Å². The van der Waals surface area contributed by atoms with Crippen molar-refractivity contribution in [3.63, 3.8) is 0 Å². The molecule has 4 heteroatoms. The Morgan fingerprint density at radius 2 is 2.32 bits per heavy atom. The lowest BCUT2D eigenvalue weighted by Crippen LogP contribution is -2.39. The molecule has 1 aliphatic rings. The second-order valence-electron chi connectivity index (χ2n) is 6.40. The fourth-order valence-electron chi connectivity index (χ4n) is 2.96. The molecular formula is C15H27N3O. The third-order valence-electron chi connectivity index (χ3n) is 4.02. The van der Waals surface area contributed by atoms with Crippen molar-refractivity contribution in [1.82, 2.24) is 14.5 Å². The van der Waals surface area contributed by atoms with Crippen LogP contribution in [0.3, 0.4) is 0 Å². The van der Waals surface area contributed by atoms with Crippen molar-refractivity contribution in [1.29, 1.82) is 0 Å². The number of nitrogens with zero attached hydrogens (tertiary/aromatic N) is 3. The van der Waals surface area contributed by atoms with E-state index in [0.29, 0.717) is 0 Å². The molecule has 0 N–H and O–H groups in total. The maximum atomic E-state index is 5.78. The molecule has 1 saturated heterocycles. The lowest BCUT2D eigenvalue weighted by atomic mass is 9.88. The van der Waals surface area contributed by atoms with Gasteiger partial charge in [0, 0.05) is 38.6 Å². The normalized spacial score (nSPS) is 22.9. The Labute approximate surface area is 116 Å². The Balaban J connectivity index is 1.75. The van der Waals surface area contributed by atoms with Gasteiger partial charge in [-0.3, -0.25) is 0 Å². The molecule has 1 aromatic rings. The predicted molar refractivity (Wildman–Crippen MR) is 77.2 cm³/mol. The van der Waals surface area contributed by atoms with Gasteiger partial charge in [-0.1, -0.05) is 0 Å². The van der Waals surface area contributed by atoms with E-state index in [1.54, 1.807) is 0 Å². The van der Waals surface area contributed by atoms with Crippen molar-refractivity contribution in [2.45, 2.75) is 45.8 Å². The third-order valence-corrected chi connectivity index (χ3v) is 4.02. The molecule has 2 rings (SSSR count). The summed E-state index contributed by atoms with van der Waals surface area (Å²) in [5, 5.41) is 0. The van der Waals surface area contributed by atoms with Gasteiger partial charge in [0.25, 0.3) is 0 Å². The van der Waals surface area contributed by atoms with Crippen LogP contribution < -0.4 is 0 Å². The number of ether oxygens (including phenoxy) is 1. The summed E-state index contributed by atoms with van der Waals surface area (Å²) in [5.41, 5.74) is 0.0602. The first-order valence-corrected chi connectivity index (χ1v) is 7.26. The van der Waals surface area contributed by atoms with Crippen LogP contribution in [0.4, 0.5) is 0 Å². The molecule has 0 aliphatic carbocycles. The van der Waals surface area contributed by atoms with E-state index in [1.165, 1.54) is 19.4 Å². The van der Waals surface area contributed by atoms with Gasteiger partial charge >= 0.3 is 0 Å². The molecular weight excluding hydrogens is 238 g/mol. The van der Waals surface area contributed by atoms with Crippen LogP contribution in [0.5, 0.6) is 0 Å². The van der Waals surface area contributed by atoms with Crippen molar-refractivity contribution >= 4 is 0 Å². The number of hydrogen-bond acceptors (Lipinski definition) is 3. The smallest absolute Gasteiger partial charge is 0.105 e. The summed E-state index contributed by atoms with van der Waals surface area (Å²) in [6.45, 7) is 10.6. The summed E-state index contributed by atoms with van der Waals surface area (Å²) in [5.74, 6) is 1.86. The molecule has 1 atom stereocenters. The van der Waals surface area contributed by atoms with Crippen LogP contribution in [0.1, 0.15) is 32.5 Å². The zero-order valence-electron chi connectivity index (χ0n) is 12.7. The minimum absolute atomic E-state index is 0.0602. The van der Waals surface area contributed by atoms with Crippen LogP contribution in [-0.4, -0.2) is 46.8 Å². The number of hydrogen-bond donors (Lipinski definition) is 0. The summed E-state index contributed by atoms with van der Waals surface area (Å²) in [6.07, 6.45) is 6.29. The molecule has 1 aromatic heterocycles. The van der Waals surface area contributed by atoms with Crippen LogP contribution in [-0.2, 0) is 11.3 Å². The van der Waals surface area contributed by atoms with Gasteiger partial charge in [0.15, 0.2) is 0 Å². The average molecular weight is 265 g/mol. The summed E-state index contributed by atoms with van der Waals surface area (Å²) in [7, 11) is 2.22. The van der Waals surface area contributed by atoms with Gasteiger partial charge in [-0.15, -0.1) is 0 Å². The van der Waals surface area contributed by atoms with E-state index in [-0.39, 0.29) is 5.60 Å². The number of rotatable bonds is 5. The maximum Gasteiger partial charge on any atom is 0.105 e. The van der Waals surface area contributed by atoms with Gasteiger partial charge in [-0.2, -0.15) is 0 Å². The molecule has 4 nitrogen and oxygen atoms in total. The van der Waals surface area contributed by atoms with Crippen molar-refractivity contribution in [2.24, 2.45) is 5.92 Å². The largest absolute Gasteiger partial charge is 0.376 e. The maximum absolute atomic E-state index is 5.78. The summed E-state index contributed by atoms with van der Waals surface area (Å²) in [6, 6.07) is 0. The van der Waals surface area contributed by atoms with Crippen LogP contribution in [0.25, 0.3) is 0 Å². The highest BCUT2D eigenvalue weighted by molar-refractivity contribution is 4.88. The van der Waals surface area contributed by atoms with Gasteiger partial charge in [0.2, 0.25) is 0 Å². The Bertz CT molecular complexity index is 400. The number of likely N-dealkylation sites (N-methyl/N-ethyl adjacent to an activating group) is 1. The first-order chi connectivity index (χ1) is 8.96. The molecule has 108 valence electrons. The Morgan fingerprint density at radius 1 is 1.53 bits per heavy atom. The van der Waals surface area contributed by atoms with E-state index in [4.69, 9.17) is 4.74 Å². The average Bonchev–Trinajstić information content (AvgIpc) is 2.71. The van der Waals surface area contributed by atoms with Crippen molar-refractivity contribution in [2.75, 3.05) is 26.7 Å². The molecule has 2 heterocycles. The molecule has 0 bridgehead atoms. The van der Waals surface area contributed by atoms with E-state index in [1.807, 2.05) is 6.20 Å². The zero-order valence-corrected chi connectivity index (χ0v) is 12.7. The molecule has 1 aliphatic heterocycles. The van der Waals surface area contributed by atoms with Gasteiger partial charge in [0.05, 0.1) is 5.60 Å². The Hall–Kier alpha value is -0.870. The molecule has 0 amide bonds. The van der Waals surface area contributed by atoms with Crippen LogP contribution in [0.2, 0.25) is 0 Å². The second-order valence-corrected chi connectivity index (χ2v) is 6.40. The topological polar surface area (TPSA) is 30.3 Å². The molecule has 0 spiro atoms. The van der Waals surface area contributed by atoms with Crippen molar-refractivity contribution < 1.29 is 4.74 Å². The second kappa shape index (κ2) is 6.06. The summed E-state index contributed by atoms with van der Waals surface area (Å²) < 4.78 is 7.99. The Morgan fingerprint density at radius 3 is 2.95 bits per heavy atom. The lowest BCUT2D eigenvalue weighted by Gasteiger charge is -2.37. The van der Waals surface area contributed by atoms with E-state index in [0.717, 1.165) is 31.4 Å². The summed E-state index contributed by atoms with van der Waals surface area (Å²) in [4.78, 5) is 6.69. The zero-order chi connectivity index (χ0) is 13.9. The standard InChI is InChI=1S/C15H27N3O/c1-13-16-6-7-18(13)9-8-17(4)12-14-5-10-19-15(2,3)11-14/h6-7,14H,5,8-12H2,1-4H3/t14-/m0/s1. The fourth-order valence-corrected chi connectivity index (χ4v) is 2.96. The van der Waals surface area contributed by atoms with Gasteiger partial charge in [0.1, 0.15) is 5.82 Å². The van der Waals surface area contributed by atoms with Gasteiger partial charge < -0.3 is 14.2 Å². The fraction of sp³-hybridized carbons (Fsp3) is 0.800.